The summed E-state index contributed by atoms with van der Waals surface area (Å²) in [5.41, 5.74) is -0.101. The Morgan fingerprint density at radius 3 is 3.09 bits per heavy atom. The molecule has 2 atom stereocenters. The molecular formula is C18H30N2O2S. The van der Waals surface area contributed by atoms with E-state index in [1.165, 1.54) is 4.88 Å². The van der Waals surface area contributed by atoms with Crippen LogP contribution in [0.3, 0.4) is 0 Å². The van der Waals surface area contributed by atoms with E-state index in [0.29, 0.717) is 12.1 Å². The van der Waals surface area contributed by atoms with Gasteiger partial charge < -0.3 is 14.4 Å². The lowest BCUT2D eigenvalue weighted by molar-refractivity contribution is -0.0924. The van der Waals surface area contributed by atoms with Gasteiger partial charge in [0.1, 0.15) is 5.60 Å². The monoisotopic (exact) mass is 338 g/mol. The summed E-state index contributed by atoms with van der Waals surface area (Å²) in [6.45, 7) is 10.1. The first kappa shape index (κ1) is 17.4. The molecular weight excluding hydrogens is 308 g/mol. The van der Waals surface area contributed by atoms with Crippen molar-refractivity contribution in [1.29, 1.82) is 0 Å². The quantitative estimate of drug-likeness (QED) is 0.824. The van der Waals surface area contributed by atoms with Crippen molar-refractivity contribution in [2.45, 2.75) is 51.0 Å². The SMILES string of the molecule is CC(C)N(C)CC1CCC2(COCCN(Cc3cccs3)C2)O1. The molecule has 5 heteroatoms. The largest absolute Gasteiger partial charge is 0.377 e. The Kier molecular flexibility index (Phi) is 5.75. The number of likely N-dealkylation sites (N-methyl/N-ethyl adjacent to an activating group) is 1. The van der Waals surface area contributed by atoms with Crippen molar-refractivity contribution in [3.63, 3.8) is 0 Å². The Hall–Kier alpha value is -0.460. The van der Waals surface area contributed by atoms with Crippen molar-refractivity contribution >= 4 is 11.3 Å². The summed E-state index contributed by atoms with van der Waals surface area (Å²) in [7, 11) is 2.19. The summed E-state index contributed by atoms with van der Waals surface area (Å²) < 4.78 is 12.4. The summed E-state index contributed by atoms with van der Waals surface area (Å²) in [4.78, 5) is 6.31. The zero-order valence-corrected chi connectivity index (χ0v) is 15.5. The van der Waals surface area contributed by atoms with Gasteiger partial charge in [0.15, 0.2) is 0 Å². The number of hydrogen-bond donors (Lipinski definition) is 0. The van der Waals surface area contributed by atoms with Gasteiger partial charge in [-0.3, -0.25) is 4.90 Å². The van der Waals surface area contributed by atoms with Gasteiger partial charge in [-0.2, -0.15) is 0 Å². The molecule has 4 nitrogen and oxygen atoms in total. The van der Waals surface area contributed by atoms with Crippen LogP contribution >= 0.6 is 11.3 Å². The van der Waals surface area contributed by atoms with E-state index in [2.05, 4.69) is 48.2 Å². The lowest BCUT2D eigenvalue weighted by Crippen LogP contribution is -2.45. The predicted octanol–water partition coefficient (Wildman–Crippen LogP) is 2.84. The maximum absolute atomic E-state index is 6.54. The van der Waals surface area contributed by atoms with Crippen LogP contribution in [0, 0.1) is 0 Å². The molecule has 0 aliphatic carbocycles. The minimum atomic E-state index is -0.101. The summed E-state index contributed by atoms with van der Waals surface area (Å²) in [5.74, 6) is 0. The van der Waals surface area contributed by atoms with Crippen LogP contribution in [0.1, 0.15) is 31.6 Å². The van der Waals surface area contributed by atoms with Crippen molar-refractivity contribution in [2.24, 2.45) is 0 Å². The average Bonchev–Trinajstić information content (AvgIpc) is 3.09. The molecule has 0 N–H and O–H groups in total. The van der Waals surface area contributed by atoms with E-state index in [0.717, 1.165) is 52.2 Å². The van der Waals surface area contributed by atoms with Crippen molar-refractivity contribution in [1.82, 2.24) is 9.80 Å². The third kappa shape index (κ3) is 4.54. The van der Waals surface area contributed by atoms with Crippen LogP contribution in [-0.4, -0.2) is 67.4 Å². The van der Waals surface area contributed by atoms with Gasteiger partial charge in [-0.1, -0.05) is 6.07 Å². The molecule has 2 aliphatic heterocycles. The van der Waals surface area contributed by atoms with Crippen LogP contribution in [0.2, 0.25) is 0 Å². The predicted molar refractivity (Wildman–Crippen MR) is 95.0 cm³/mol. The van der Waals surface area contributed by atoms with E-state index < -0.39 is 0 Å². The number of thiophene rings is 1. The Balaban J connectivity index is 1.59. The Labute approximate surface area is 144 Å². The Bertz CT molecular complexity index is 479. The molecule has 2 fully saturated rings. The first-order valence-electron chi connectivity index (χ1n) is 8.77. The van der Waals surface area contributed by atoms with Gasteiger partial charge >= 0.3 is 0 Å². The van der Waals surface area contributed by atoms with E-state index in [1.807, 2.05) is 11.3 Å². The van der Waals surface area contributed by atoms with Gasteiger partial charge in [0.25, 0.3) is 0 Å². The summed E-state index contributed by atoms with van der Waals surface area (Å²) in [5, 5.41) is 2.16. The van der Waals surface area contributed by atoms with Crippen molar-refractivity contribution < 1.29 is 9.47 Å². The van der Waals surface area contributed by atoms with E-state index in [1.54, 1.807) is 0 Å². The highest BCUT2D eigenvalue weighted by molar-refractivity contribution is 7.09. The molecule has 1 aromatic rings. The van der Waals surface area contributed by atoms with E-state index >= 15 is 0 Å². The van der Waals surface area contributed by atoms with E-state index in [9.17, 15) is 0 Å². The molecule has 3 rings (SSSR count). The molecule has 0 radical (unpaired) electrons. The van der Waals surface area contributed by atoms with Crippen LogP contribution in [0.4, 0.5) is 0 Å². The molecule has 0 aromatic carbocycles. The average molecular weight is 339 g/mol. The summed E-state index contributed by atoms with van der Waals surface area (Å²) >= 11 is 1.84. The molecule has 130 valence electrons. The molecule has 0 amide bonds. The second-order valence-electron chi connectivity index (χ2n) is 7.34. The summed E-state index contributed by atoms with van der Waals surface area (Å²) in [6.07, 6.45) is 2.60. The third-order valence-corrected chi connectivity index (χ3v) is 5.96. The van der Waals surface area contributed by atoms with Crippen LogP contribution in [0.5, 0.6) is 0 Å². The molecule has 1 spiro atoms. The van der Waals surface area contributed by atoms with Gasteiger partial charge in [0.2, 0.25) is 0 Å². The maximum Gasteiger partial charge on any atom is 0.105 e. The fourth-order valence-electron chi connectivity index (χ4n) is 3.52. The molecule has 2 unspecified atom stereocenters. The lowest BCUT2D eigenvalue weighted by atomic mass is 10.00. The van der Waals surface area contributed by atoms with Gasteiger partial charge in [-0.25, -0.2) is 0 Å². The minimum absolute atomic E-state index is 0.101. The normalized spacial score (nSPS) is 29.7. The second-order valence-corrected chi connectivity index (χ2v) is 8.37. The number of nitrogens with zero attached hydrogens (tertiary/aromatic N) is 2. The van der Waals surface area contributed by atoms with Crippen molar-refractivity contribution in [2.75, 3.05) is 39.9 Å². The first-order chi connectivity index (χ1) is 11.1. The lowest BCUT2D eigenvalue weighted by Gasteiger charge is -2.32. The third-order valence-electron chi connectivity index (χ3n) is 5.10. The van der Waals surface area contributed by atoms with Gasteiger partial charge in [-0.05, 0) is 45.2 Å². The molecule has 23 heavy (non-hydrogen) atoms. The van der Waals surface area contributed by atoms with Crippen molar-refractivity contribution in [3.05, 3.63) is 22.4 Å². The maximum atomic E-state index is 6.54. The van der Waals surface area contributed by atoms with Gasteiger partial charge in [0.05, 0.1) is 19.3 Å². The zero-order chi connectivity index (χ0) is 16.3. The highest BCUT2D eigenvalue weighted by atomic mass is 32.1. The van der Waals surface area contributed by atoms with E-state index in [4.69, 9.17) is 9.47 Å². The number of ether oxygens (including phenoxy) is 2. The molecule has 2 saturated heterocycles. The van der Waals surface area contributed by atoms with Crippen LogP contribution in [0.15, 0.2) is 17.5 Å². The molecule has 0 bridgehead atoms. The van der Waals surface area contributed by atoms with Crippen molar-refractivity contribution in [3.8, 4) is 0 Å². The highest BCUT2D eigenvalue weighted by Crippen LogP contribution is 2.34. The van der Waals surface area contributed by atoms with Crippen LogP contribution in [-0.2, 0) is 16.0 Å². The molecule has 0 saturated carbocycles. The standard InChI is InChI=1S/C18H30N2O2S/c1-15(2)19(3)11-16-6-7-18(22-16)13-20(8-9-21-14-18)12-17-5-4-10-23-17/h4-5,10,15-16H,6-9,11-14H2,1-3H3. The Morgan fingerprint density at radius 2 is 2.35 bits per heavy atom. The summed E-state index contributed by atoms with van der Waals surface area (Å²) in [6, 6.07) is 4.92. The van der Waals surface area contributed by atoms with Gasteiger partial charge in [-0.15, -0.1) is 11.3 Å². The topological polar surface area (TPSA) is 24.9 Å². The molecule has 3 heterocycles. The molecule has 2 aliphatic rings. The Morgan fingerprint density at radius 1 is 1.48 bits per heavy atom. The fourth-order valence-corrected chi connectivity index (χ4v) is 4.27. The zero-order valence-electron chi connectivity index (χ0n) is 14.7. The van der Waals surface area contributed by atoms with Gasteiger partial charge in [0, 0.05) is 37.1 Å². The fraction of sp³-hybridized carbons (Fsp3) is 0.778. The first-order valence-corrected chi connectivity index (χ1v) is 9.65. The van der Waals surface area contributed by atoms with Crippen LogP contribution < -0.4 is 0 Å². The smallest absolute Gasteiger partial charge is 0.105 e. The second kappa shape index (κ2) is 7.62. The molecule has 1 aromatic heterocycles. The van der Waals surface area contributed by atoms with Crippen LogP contribution in [0.25, 0.3) is 0 Å². The van der Waals surface area contributed by atoms with E-state index in [-0.39, 0.29) is 5.60 Å². The highest BCUT2D eigenvalue weighted by Gasteiger charge is 2.43. The number of rotatable bonds is 5. The number of hydrogen-bond acceptors (Lipinski definition) is 5. The minimum Gasteiger partial charge on any atom is -0.377 e.